The summed E-state index contributed by atoms with van der Waals surface area (Å²) in [6.07, 6.45) is 1.70. The molecule has 0 fully saturated rings. The molecule has 0 atom stereocenters. The number of carboxylic acid groups (broad SMARTS) is 1. The van der Waals surface area contributed by atoms with E-state index in [4.69, 9.17) is 10.2 Å². The number of nitrogens with zero attached hydrogens (tertiary/aromatic N) is 1. The van der Waals surface area contributed by atoms with E-state index in [-0.39, 0.29) is 11.3 Å². The molecule has 0 spiro atoms. The summed E-state index contributed by atoms with van der Waals surface area (Å²) in [6.45, 7) is 1.75. The fraction of sp³-hybridized carbons (Fsp3) is 0.0833. The Bertz CT molecular complexity index is 526. The maximum Gasteiger partial charge on any atom is 0.337 e. The van der Waals surface area contributed by atoms with Gasteiger partial charge in [-0.05, 0) is 37.3 Å². The Morgan fingerprint density at radius 2 is 1.81 bits per heavy atom. The van der Waals surface area contributed by atoms with E-state index in [9.17, 15) is 4.79 Å². The number of phenols is 1. The molecule has 0 aliphatic carbocycles. The number of carboxylic acids is 1. The molecule has 0 amide bonds. The fourth-order valence-electron chi connectivity index (χ4n) is 1.63. The number of phenolic OH excluding ortho intramolecular Hbond substituents is 1. The predicted molar refractivity (Wildman–Crippen MR) is 59.1 cm³/mol. The maximum atomic E-state index is 10.9. The van der Waals surface area contributed by atoms with E-state index >= 15 is 0 Å². The molecule has 1 aromatic carbocycles. The van der Waals surface area contributed by atoms with Gasteiger partial charge in [-0.25, -0.2) is 4.79 Å². The van der Waals surface area contributed by atoms with Crippen LogP contribution in [0.25, 0.3) is 5.69 Å². The zero-order chi connectivity index (χ0) is 11.7. The monoisotopic (exact) mass is 217 g/mol. The van der Waals surface area contributed by atoms with Crippen LogP contribution in [0.5, 0.6) is 5.75 Å². The minimum absolute atomic E-state index is 0.187. The van der Waals surface area contributed by atoms with Crippen LogP contribution in [0.1, 0.15) is 16.1 Å². The standard InChI is InChI=1S/C12H11NO3/c1-8-11(12(15)16)6-7-13(8)9-2-4-10(14)5-3-9/h2-7,14H,1H3,(H,15,16). The summed E-state index contributed by atoms with van der Waals surface area (Å²) in [5, 5.41) is 18.1. The first-order chi connectivity index (χ1) is 7.59. The number of aromatic nitrogens is 1. The first-order valence-corrected chi connectivity index (χ1v) is 4.80. The lowest BCUT2D eigenvalue weighted by Gasteiger charge is -2.06. The summed E-state index contributed by atoms with van der Waals surface area (Å²) >= 11 is 0. The molecule has 2 rings (SSSR count). The van der Waals surface area contributed by atoms with Gasteiger partial charge in [-0.3, -0.25) is 0 Å². The molecule has 0 radical (unpaired) electrons. The Morgan fingerprint density at radius 3 is 2.31 bits per heavy atom. The molecule has 1 aromatic heterocycles. The lowest BCUT2D eigenvalue weighted by molar-refractivity contribution is 0.0696. The first kappa shape index (κ1) is 10.3. The molecule has 16 heavy (non-hydrogen) atoms. The molecule has 0 saturated heterocycles. The minimum atomic E-state index is -0.935. The Hall–Kier alpha value is -2.23. The third-order valence-electron chi connectivity index (χ3n) is 2.50. The maximum absolute atomic E-state index is 10.9. The molecule has 0 bridgehead atoms. The van der Waals surface area contributed by atoms with Crippen molar-refractivity contribution in [2.75, 3.05) is 0 Å². The highest BCUT2D eigenvalue weighted by Gasteiger charge is 2.11. The van der Waals surface area contributed by atoms with E-state index < -0.39 is 5.97 Å². The summed E-state index contributed by atoms with van der Waals surface area (Å²) < 4.78 is 1.77. The van der Waals surface area contributed by atoms with E-state index in [0.29, 0.717) is 5.69 Å². The summed E-state index contributed by atoms with van der Waals surface area (Å²) in [6, 6.07) is 8.15. The third kappa shape index (κ3) is 1.65. The van der Waals surface area contributed by atoms with E-state index in [1.54, 1.807) is 48.0 Å². The molecule has 0 aliphatic heterocycles. The van der Waals surface area contributed by atoms with Crippen molar-refractivity contribution in [2.24, 2.45) is 0 Å². The quantitative estimate of drug-likeness (QED) is 0.810. The van der Waals surface area contributed by atoms with Gasteiger partial charge < -0.3 is 14.8 Å². The molecule has 1 heterocycles. The van der Waals surface area contributed by atoms with Crippen LogP contribution >= 0.6 is 0 Å². The van der Waals surface area contributed by atoms with Crippen LogP contribution in [-0.2, 0) is 0 Å². The summed E-state index contributed by atoms with van der Waals surface area (Å²) in [5.74, 6) is -0.748. The Kier molecular flexibility index (Phi) is 2.40. The second kappa shape index (κ2) is 3.73. The molecular weight excluding hydrogens is 206 g/mol. The molecule has 0 aliphatic rings. The highest BCUT2D eigenvalue weighted by atomic mass is 16.4. The van der Waals surface area contributed by atoms with Gasteiger partial charge in [0.1, 0.15) is 5.75 Å². The van der Waals surface area contributed by atoms with Crippen LogP contribution in [0.4, 0.5) is 0 Å². The Morgan fingerprint density at radius 1 is 1.19 bits per heavy atom. The lowest BCUT2D eigenvalue weighted by Crippen LogP contribution is -2.00. The summed E-state index contributed by atoms with van der Waals surface area (Å²) in [7, 11) is 0. The average Bonchev–Trinajstić information content (AvgIpc) is 2.61. The molecule has 2 aromatic rings. The number of benzene rings is 1. The summed E-state index contributed by atoms with van der Waals surface area (Å²) in [4.78, 5) is 10.9. The SMILES string of the molecule is Cc1c(C(=O)O)ccn1-c1ccc(O)cc1. The average molecular weight is 217 g/mol. The van der Waals surface area contributed by atoms with Gasteiger partial charge in [0.05, 0.1) is 5.56 Å². The molecule has 4 heteroatoms. The van der Waals surface area contributed by atoms with Crippen molar-refractivity contribution in [2.45, 2.75) is 6.92 Å². The van der Waals surface area contributed by atoms with Gasteiger partial charge in [-0.15, -0.1) is 0 Å². The van der Waals surface area contributed by atoms with E-state index in [0.717, 1.165) is 5.69 Å². The predicted octanol–water partition coefficient (Wildman–Crippen LogP) is 2.19. The van der Waals surface area contributed by atoms with Crippen molar-refractivity contribution in [3.8, 4) is 11.4 Å². The molecule has 2 N–H and O–H groups in total. The van der Waals surface area contributed by atoms with Gasteiger partial charge in [0.15, 0.2) is 0 Å². The molecule has 0 saturated carbocycles. The zero-order valence-electron chi connectivity index (χ0n) is 8.71. The first-order valence-electron chi connectivity index (χ1n) is 4.80. The molecule has 0 unspecified atom stereocenters. The molecule has 4 nitrogen and oxygen atoms in total. The van der Waals surface area contributed by atoms with Crippen molar-refractivity contribution in [1.82, 2.24) is 4.57 Å². The fourth-order valence-corrected chi connectivity index (χ4v) is 1.63. The normalized spacial score (nSPS) is 10.3. The number of aromatic carboxylic acids is 1. The van der Waals surface area contributed by atoms with Crippen molar-refractivity contribution in [3.05, 3.63) is 47.8 Å². The van der Waals surface area contributed by atoms with Crippen molar-refractivity contribution in [1.29, 1.82) is 0 Å². The zero-order valence-corrected chi connectivity index (χ0v) is 8.71. The van der Waals surface area contributed by atoms with Crippen LogP contribution in [0.15, 0.2) is 36.5 Å². The number of hydrogen-bond donors (Lipinski definition) is 2. The smallest absolute Gasteiger partial charge is 0.337 e. The van der Waals surface area contributed by atoms with Crippen LogP contribution in [0.3, 0.4) is 0 Å². The van der Waals surface area contributed by atoms with Gasteiger partial charge in [-0.1, -0.05) is 0 Å². The largest absolute Gasteiger partial charge is 0.508 e. The van der Waals surface area contributed by atoms with Crippen molar-refractivity contribution < 1.29 is 15.0 Å². The number of aromatic hydroxyl groups is 1. The van der Waals surface area contributed by atoms with Crippen molar-refractivity contribution in [3.63, 3.8) is 0 Å². The van der Waals surface area contributed by atoms with Gasteiger partial charge in [0, 0.05) is 17.6 Å². The van der Waals surface area contributed by atoms with Gasteiger partial charge in [0.2, 0.25) is 0 Å². The van der Waals surface area contributed by atoms with Crippen LogP contribution in [0.2, 0.25) is 0 Å². The third-order valence-corrected chi connectivity index (χ3v) is 2.50. The number of rotatable bonds is 2. The second-order valence-corrected chi connectivity index (χ2v) is 3.51. The van der Waals surface area contributed by atoms with E-state index in [1.807, 2.05) is 0 Å². The van der Waals surface area contributed by atoms with E-state index in [1.165, 1.54) is 0 Å². The van der Waals surface area contributed by atoms with Gasteiger partial charge in [0.25, 0.3) is 0 Å². The van der Waals surface area contributed by atoms with Crippen molar-refractivity contribution >= 4 is 5.97 Å². The highest BCUT2D eigenvalue weighted by Crippen LogP contribution is 2.18. The van der Waals surface area contributed by atoms with E-state index in [2.05, 4.69) is 0 Å². The number of carbonyl (C=O) groups is 1. The Balaban J connectivity index is 2.49. The van der Waals surface area contributed by atoms with Crippen LogP contribution < -0.4 is 0 Å². The molecule has 82 valence electrons. The topological polar surface area (TPSA) is 62.5 Å². The summed E-state index contributed by atoms with van der Waals surface area (Å²) in [5.41, 5.74) is 1.77. The van der Waals surface area contributed by atoms with Gasteiger partial charge in [-0.2, -0.15) is 0 Å². The molecular formula is C12H11NO3. The number of hydrogen-bond acceptors (Lipinski definition) is 2. The second-order valence-electron chi connectivity index (χ2n) is 3.51. The minimum Gasteiger partial charge on any atom is -0.508 e. The van der Waals surface area contributed by atoms with Crippen LogP contribution in [-0.4, -0.2) is 20.7 Å². The lowest BCUT2D eigenvalue weighted by atomic mass is 10.2. The Labute approximate surface area is 92.4 Å². The van der Waals surface area contributed by atoms with Crippen LogP contribution in [0, 0.1) is 6.92 Å². The highest BCUT2D eigenvalue weighted by molar-refractivity contribution is 5.89. The van der Waals surface area contributed by atoms with Gasteiger partial charge >= 0.3 is 5.97 Å².